The van der Waals surface area contributed by atoms with Crippen molar-refractivity contribution in [2.75, 3.05) is 6.54 Å². The highest BCUT2D eigenvalue weighted by Crippen LogP contribution is 2.27. The Hall–Kier alpha value is -1.35. The summed E-state index contributed by atoms with van der Waals surface area (Å²) in [5.74, 6) is 0.356. The van der Waals surface area contributed by atoms with Crippen molar-refractivity contribution in [2.24, 2.45) is 11.8 Å². The van der Waals surface area contributed by atoms with Crippen LogP contribution in [0.4, 0.5) is 0 Å². The topological polar surface area (TPSA) is 49.3 Å². The Balaban J connectivity index is 1.85. The van der Waals surface area contributed by atoms with Gasteiger partial charge in [0.1, 0.15) is 0 Å². The fourth-order valence-electron chi connectivity index (χ4n) is 3.28. The molecule has 0 saturated heterocycles. The quantitative estimate of drug-likeness (QED) is 0.840. The first kappa shape index (κ1) is 16.0. The maximum absolute atomic E-state index is 11.0. The van der Waals surface area contributed by atoms with Crippen LogP contribution in [0.15, 0.2) is 30.3 Å². The molecule has 1 fully saturated rings. The maximum atomic E-state index is 11.0. The van der Waals surface area contributed by atoms with E-state index in [0.717, 1.165) is 32.2 Å². The number of nitrogens with one attached hydrogen (secondary N) is 1. The van der Waals surface area contributed by atoms with Gasteiger partial charge in [-0.25, -0.2) is 0 Å². The third-order valence-electron chi connectivity index (χ3n) is 4.74. The lowest BCUT2D eigenvalue weighted by Gasteiger charge is -2.30. The molecular weight excluding hydrogens is 262 g/mol. The number of rotatable bonds is 6. The third kappa shape index (κ3) is 4.57. The van der Waals surface area contributed by atoms with Crippen LogP contribution in [0.3, 0.4) is 0 Å². The lowest BCUT2D eigenvalue weighted by atomic mass is 9.84. The van der Waals surface area contributed by atoms with Crippen molar-refractivity contribution in [1.29, 1.82) is 0 Å². The highest BCUT2D eigenvalue weighted by atomic mass is 16.4. The number of hydrogen-bond donors (Lipinski definition) is 2. The van der Waals surface area contributed by atoms with Crippen LogP contribution in [-0.2, 0) is 4.79 Å². The number of carboxylic acid groups (broad SMARTS) is 1. The van der Waals surface area contributed by atoms with Crippen molar-refractivity contribution < 1.29 is 9.90 Å². The van der Waals surface area contributed by atoms with Gasteiger partial charge in [-0.3, -0.25) is 4.79 Å². The molecule has 116 valence electrons. The first-order valence-corrected chi connectivity index (χ1v) is 8.09. The predicted octanol–water partition coefficient (Wildman–Crippen LogP) is 3.66. The Morgan fingerprint density at radius 3 is 2.33 bits per heavy atom. The van der Waals surface area contributed by atoms with E-state index >= 15 is 0 Å². The highest BCUT2D eigenvalue weighted by molar-refractivity contribution is 5.70. The number of aliphatic carboxylic acids is 1. The molecule has 0 heterocycles. The monoisotopic (exact) mass is 289 g/mol. The molecule has 1 aromatic carbocycles. The van der Waals surface area contributed by atoms with Crippen LogP contribution < -0.4 is 5.32 Å². The summed E-state index contributed by atoms with van der Waals surface area (Å²) in [7, 11) is 0. The van der Waals surface area contributed by atoms with E-state index in [1.165, 1.54) is 5.56 Å². The van der Waals surface area contributed by atoms with Crippen molar-refractivity contribution in [3.05, 3.63) is 35.9 Å². The van der Waals surface area contributed by atoms with E-state index in [1.54, 1.807) is 0 Å². The smallest absolute Gasteiger partial charge is 0.306 e. The fraction of sp³-hybridized carbons (Fsp3) is 0.611. The van der Waals surface area contributed by atoms with Crippen molar-refractivity contribution in [3.8, 4) is 0 Å². The number of hydrogen-bond acceptors (Lipinski definition) is 2. The lowest BCUT2D eigenvalue weighted by Crippen LogP contribution is -2.38. The molecule has 0 aromatic heterocycles. The molecule has 1 aliphatic rings. The predicted molar refractivity (Wildman–Crippen MR) is 85.4 cm³/mol. The van der Waals surface area contributed by atoms with Gasteiger partial charge in [-0.05, 0) is 43.1 Å². The fourth-order valence-corrected chi connectivity index (χ4v) is 3.28. The molecule has 2 N–H and O–H groups in total. The number of benzene rings is 1. The van der Waals surface area contributed by atoms with Crippen LogP contribution in [0.25, 0.3) is 0 Å². The molecule has 3 nitrogen and oxygen atoms in total. The molecule has 1 saturated carbocycles. The summed E-state index contributed by atoms with van der Waals surface area (Å²) in [5.41, 5.74) is 1.39. The van der Waals surface area contributed by atoms with Gasteiger partial charge in [-0.2, -0.15) is 0 Å². The zero-order valence-electron chi connectivity index (χ0n) is 13.1. The molecule has 0 bridgehead atoms. The van der Waals surface area contributed by atoms with Crippen LogP contribution in [0.2, 0.25) is 0 Å². The summed E-state index contributed by atoms with van der Waals surface area (Å²) in [4.78, 5) is 11.0. The molecule has 2 rings (SSSR count). The van der Waals surface area contributed by atoms with Crippen molar-refractivity contribution in [2.45, 2.75) is 51.5 Å². The SMILES string of the molecule is CC(C)C(CNC1CCC(C(=O)O)CC1)c1ccccc1. The standard InChI is InChI=1S/C18H27NO2/c1-13(2)17(14-6-4-3-5-7-14)12-19-16-10-8-15(9-11-16)18(20)21/h3-7,13,15-17,19H,8-12H2,1-2H3,(H,20,21). The van der Waals surface area contributed by atoms with Crippen molar-refractivity contribution in [3.63, 3.8) is 0 Å². The first-order valence-electron chi connectivity index (χ1n) is 8.09. The van der Waals surface area contributed by atoms with E-state index < -0.39 is 5.97 Å². The van der Waals surface area contributed by atoms with E-state index in [2.05, 4.69) is 49.5 Å². The van der Waals surface area contributed by atoms with Gasteiger partial charge in [0, 0.05) is 12.6 Å². The van der Waals surface area contributed by atoms with Crippen molar-refractivity contribution in [1.82, 2.24) is 5.32 Å². The zero-order valence-corrected chi connectivity index (χ0v) is 13.1. The molecule has 1 unspecified atom stereocenters. The molecule has 0 spiro atoms. The Morgan fingerprint density at radius 1 is 1.19 bits per heavy atom. The van der Waals surface area contributed by atoms with Crippen LogP contribution in [0.5, 0.6) is 0 Å². The van der Waals surface area contributed by atoms with Gasteiger partial charge >= 0.3 is 5.97 Å². The van der Waals surface area contributed by atoms with E-state index in [9.17, 15) is 4.79 Å². The molecule has 0 aliphatic heterocycles. The van der Waals surface area contributed by atoms with Gasteiger partial charge in [-0.15, -0.1) is 0 Å². The summed E-state index contributed by atoms with van der Waals surface area (Å²) < 4.78 is 0. The number of carbonyl (C=O) groups is 1. The minimum atomic E-state index is -0.627. The van der Waals surface area contributed by atoms with E-state index in [-0.39, 0.29) is 5.92 Å². The van der Waals surface area contributed by atoms with Crippen LogP contribution in [0.1, 0.15) is 51.0 Å². The van der Waals surface area contributed by atoms with Gasteiger partial charge in [0.15, 0.2) is 0 Å². The number of carboxylic acids is 1. The van der Waals surface area contributed by atoms with Gasteiger partial charge in [0.05, 0.1) is 5.92 Å². The molecule has 1 aromatic rings. The van der Waals surface area contributed by atoms with E-state index in [4.69, 9.17) is 5.11 Å². The van der Waals surface area contributed by atoms with Crippen LogP contribution in [0, 0.1) is 11.8 Å². The largest absolute Gasteiger partial charge is 0.481 e. The Morgan fingerprint density at radius 2 is 1.81 bits per heavy atom. The van der Waals surface area contributed by atoms with Gasteiger partial charge < -0.3 is 10.4 Å². The summed E-state index contributed by atoms with van der Waals surface area (Å²) in [6, 6.07) is 11.1. The lowest BCUT2D eigenvalue weighted by molar-refractivity contribution is -0.142. The minimum absolute atomic E-state index is 0.127. The Bertz CT molecular complexity index is 436. The summed E-state index contributed by atoms with van der Waals surface area (Å²) in [6.07, 6.45) is 3.59. The average Bonchev–Trinajstić information content (AvgIpc) is 2.48. The second kappa shape index (κ2) is 7.60. The van der Waals surface area contributed by atoms with Gasteiger partial charge in [0.2, 0.25) is 0 Å². The molecule has 0 amide bonds. The summed E-state index contributed by atoms with van der Waals surface area (Å²) >= 11 is 0. The molecule has 21 heavy (non-hydrogen) atoms. The van der Waals surface area contributed by atoms with Crippen LogP contribution >= 0.6 is 0 Å². The minimum Gasteiger partial charge on any atom is -0.481 e. The summed E-state index contributed by atoms with van der Waals surface area (Å²) in [6.45, 7) is 5.51. The Kier molecular flexibility index (Phi) is 5.80. The first-order chi connectivity index (χ1) is 10.1. The third-order valence-corrected chi connectivity index (χ3v) is 4.74. The maximum Gasteiger partial charge on any atom is 0.306 e. The Labute approximate surface area is 127 Å². The molecule has 1 aliphatic carbocycles. The van der Waals surface area contributed by atoms with E-state index in [1.807, 2.05) is 0 Å². The normalized spacial score (nSPS) is 24.0. The molecule has 3 heteroatoms. The highest BCUT2D eigenvalue weighted by Gasteiger charge is 2.26. The molecule has 1 atom stereocenters. The van der Waals surface area contributed by atoms with Crippen LogP contribution in [-0.4, -0.2) is 23.7 Å². The summed E-state index contributed by atoms with van der Waals surface area (Å²) in [5, 5.41) is 12.7. The molecule has 0 radical (unpaired) electrons. The molecular formula is C18H27NO2. The van der Waals surface area contributed by atoms with Crippen molar-refractivity contribution >= 4 is 5.97 Å². The second-order valence-corrected chi connectivity index (χ2v) is 6.56. The van der Waals surface area contributed by atoms with Gasteiger partial charge in [-0.1, -0.05) is 44.2 Å². The average molecular weight is 289 g/mol. The zero-order chi connectivity index (χ0) is 15.2. The second-order valence-electron chi connectivity index (χ2n) is 6.56. The van der Waals surface area contributed by atoms with E-state index in [0.29, 0.717) is 17.9 Å². The van der Waals surface area contributed by atoms with Gasteiger partial charge in [0.25, 0.3) is 0 Å².